The van der Waals surface area contributed by atoms with E-state index in [4.69, 9.17) is 17.3 Å². The number of pyridine rings is 1. The molecule has 3 nitrogen and oxygen atoms in total. The topological polar surface area (TPSA) is 50.9 Å². The summed E-state index contributed by atoms with van der Waals surface area (Å²) in [6.07, 6.45) is 3.64. The van der Waals surface area contributed by atoms with Gasteiger partial charge in [-0.05, 0) is 31.5 Å². The van der Waals surface area contributed by atoms with Crippen LogP contribution in [0.15, 0.2) is 18.3 Å². The number of hydrogen-bond acceptors (Lipinski definition) is 3. The van der Waals surface area contributed by atoms with Gasteiger partial charge in [0.15, 0.2) is 0 Å². The van der Waals surface area contributed by atoms with Crippen molar-refractivity contribution in [3.05, 3.63) is 23.4 Å². The maximum atomic E-state index is 5.73. The molecule has 0 bridgehead atoms. The number of anilines is 1. The summed E-state index contributed by atoms with van der Waals surface area (Å²) in [5.41, 5.74) is 5.50. The molecule has 4 heteroatoms. The summed E-state index contributed by atoms with van der Waals surface area (Å²) in [6, 6.07) is 4.10. The normalized spacial score (nSPS) is 12.5. The number of nitrogens with one attached hydrogen (secondary N) is 1. The minimum Gasteiger partial charge on any atom is -0.367 e. The van der Waals surface area contributed by atoms with Crippen molar-refractivity contribution in [1.82, 2.24) is 4.98 Å². The first-order valence-electron chi connectivity index (χ1n) is 4.84. The van der Waals surface area contributed by atoms with Crippen molar-refractivity contribution in [1.29, 1.82) is 0 Å². The van der Waals surface area contributed by atoms with Crippen LogP contribution < -0.4 is 11.1 Å². The van der Waals surface area contributed by atoms with E-state index in [2.05, 4.69) is 17.2 Å². The maximum Gasteiger partial charge on any atom is 0.126 e. The predicted octanol–water partition coefficient (Wildman–Crippen LogP) is 2.27. The summed E-state index contributed by atoms with van der Waals surface area (Å²) in [6.45, 7) is 2.82. The molecule has 3 N–H and O–H groups in total. The van der Waals surface area contributed by atoms with E-state index in [-0.39, 0.29) is 0 Å². The van der Waals surface area contributed by atoms with Gasteiger partial charge in [0.1, 0.15) is 5.82 Å². The van der Waals surface area contributed by atoms with Crippen LogP contribution in [0, 0.1) is 0 Å². The second kappa shape index (κ2) is 5.83. The van der Waals surface area contributed by atoms with Crippen LogP contribution in [0.5, 0.6) is 0 Å². The zero-order chi connectivity index (χ0) is 10.4. The minimum atomic E-state index is 0.397. The van der Waals surface area contributed by atoms with Crippen LogP contribution in [-0.4, -0.2) is 17.6 Å². The summed E-state index contributed by atoms with van der Waals surface area (Å²) in [4.78, 5) is 4.16. The fourth-order valence-corrected chi connectivity index (χ4v) is 1.36. The van der Waals surface area contributed by atoms with Gasteiger partial charge in [0.25, 0.3) is 0 Å². The molecule has 1 aromatic heterocycles. The molecule has 14 heavy (non-hydrogen) atoms. The first-order valence-corrected chi connectivity index (χ1v) is 5.22. The molecule has 0 aliphatic carbocycles. The molecule has 78 valence electrons. The Morgan fingerprint density at radius 3 is 2.86 bits per heavy atom. The third-order valence-electron chi connectivity index (χ3n) is 2.09. The maximum absolute atomic E-state index is 5.73. The minimum absolute atomic E-state index is 0.397. The summed E-state index contributed by atoms with van der Waals surface area (Å²) in [7, 11) is 0. The van der Waals surface area contributed by atoms with Crippen molar-refractivity contribution in [2.45, 2.75) is 25.8 Å². The van der Waals surface area contributed by atoms with Gasteiger partial charge in [-0.25, -0.2) is 4.98 Å². The predicted molar refractivity (Wildman–Crippen MR) is 60.6 cm³/mol. The summed E-state index contributed by atoms with van der Waals surface area (Å²) < 4.78 is 0. The molecule has 0 aliphatic heterocycles. The zero-order valence-electron chi connectivity index (χ0n) is 8.33. The Hall–Kier alpha value is -0.800. The summed E-state index contributed by atoms with van der Waals surface area (Å²) in [5, 5.41) is 3.96. The molecule has 0 fully saturated rings. The van der Waals surface area contributed by atoms with Crippen molar-refractivity contribution >= 4 is 17.4 Å². The van der Waals surface area contributed by atoms with Crippen molar-refractivity contribution < 1.29 is 0 Å². The van der Waals surface area contributed by atoms with Gasteiger partial charge in [-0.2, -0.15) is 0 Å². The molecule has 0 spiro atoms. The molecular formula is C10H16ClN3. The lowest BCUT2D eigenvalue weighted by Gasteiger charge is -2.16. The lowest BCUT2D eigenvalue weighted by atomic mass is 10.1. The van der Waals surface area contributed by atoms with Crippen LogP contribution in [-0.2, 0) is 0 Å². The highest BCUT2D eigenvalue weighted by Crippen LogP contribution is 2.12. The smallest absolute Gasteiger partial charge is 0.126 e. The summed E-state index contributed by atoms with van der Waals surface area (Å²) in [5.74, 6) is 0.856. The van der Waals surface area contributed by atoms with E-state index in [9.17, 15) is 0 Å². The Morgan fingerprint density at radius 1 is 1.57 bits per heavy atom. The number of hydrogen-bond donors (Lipinski definition) is 2. The average Bonchev–Trinajstić information content (AvgIpc) is 2.20. The van der Waals surface area contributed by atoms with Crippen LogP contribution >= 0.6 is 11.6 Å². The molecule has 0 aliphatic rings. The molecule has 0 saturated heterocycles. The second-order valence-corrected chi connectivity index (χ2v) is 3.62. The van der Waals surface area contributed by atoms with Crippen molar-refractivity contribution in [2.24, 2.45) is 5.73 Å². The molecular weight excluding hydrogens is 198 g/mol. The SMILES string of the molecule is CCC(CCN)Nc1ccc(Cl)cn1. The molecule has 0 amide bonds. The van der Waals surface area contributed by atoms with Gasteiger partial charge >= 0.3 is 0 Å². The van der Waals surface area contributed by atoms with Gasteiger partial charge in [0, 0.05) is 12.2 Å². The Kier molecular flexibility index (Phi) is 4.70. The van der Waals surface area contributed by atoms with E-state index in [1.165, 1.54) is 0 Å². The molecule has 0 aromatic carbocycles. The third-order valence-corrected chi connectivity index (χ3v) is 2.31. The van der Waals surface area contributed by atoms with E-state index in [0.29, 0.717) is 17.6 Å². The van der Waals surface area contributed by atoms with Crippen molar-refractivity contribution in [3.63, 3.8) is 0 Å². The number of aromatic nitrogens is 1. The van der Waals surface area contributed by atoms with Crippen molar-refractivity contribution in [2.75, 3.05) is 11.9 Å². The highest BCUT2D eigenvalue weighted by atomic mass is 35.5. The number of nitrogens with two attached hydrogens (primary N) is 1. The quantitative estimate of drug-likeness (QED) is 0.789. The Morgan fingerprint density at radius 2 is 2.36 bits per heavy atom. The standard InChI is InChI=1S/C10H16ClN3/c1-2-9(5-6-12)14-10-4-3-8(11)7-13-10/h3-4,7,9H,2,5-6,12H2,1H3,(H,13,14). The zero-order valence-corrected chi connectivity index (χ0v) is 9.09. The first kappa shape index (κ1) is 11.3. The number of rotatable bonds is 5. The van der Waals surface area contributed by atoms with Crippen LogP contribution in [0.4, 0.5) is 5.82 Å². The number of nitrogens with zero attached hydrogens (tertiary/aromatic N) is 1. The lowest BCUT2D eigenvalue weighted by molar-refractivity contribution is 0.639. The second-order valence-electron chi connectivity index (χ2n) is 3.19. The molecule has 1 rings (SSSR count). The van der Waals surface area contributed by atoms with Gasteiger partial charge in [0.2, 0.25) is 0 Å². The Balaban J connectivity index is 2.53. The van der Waals surface area contributed by atoms with Crippen LogP contribution in [0.1, 0.15) is 19.8 Å². The van der Waals surface area contributed by atoms with E-state index < -0.39 is 0 Å². The number of halogens is 1. The van der Waals surface area contributed by atoms with Crippen LogP contribution in [0.3, 0.4) is 0 Å². The van der Waals surface area contributed by atoms with E-state index in [1.54, 1.807) is 6.20 Å². The Labute approximate surface area is 89.7 Å². The van der Waals surface area contributed by atoms with Crippen molar-refractivity contribution in [3.8, 4) is 0 Å². The summed E-state index contributed by atoms with van der Waals surface area (Å²) >= 11 is 5.73. The van der Waals surface area contributed by atoms with Gasteiger partial charge in [-0.3, -0.25) is 0 Å². The fourth-order valence-electron chi connectivity index (χ4n) is 1.25. The fraction of sp³-hybridized carbons (Fsp3) is 0.500. The van der Waals surface area contributed by atoms with Crippen LogP contribution in [0.2, 0.25) is 5.02 Å². The first-order chi connectivity index (χ1) is 6.76. The van der Waals surface area contributed by atoms with Gasteiger partial charge in [-0.15, -0.1) is 0 Å². The molecule has 0 saturated carbocycles. The lowest BCUT2D eigenvalue weighted by Crippen LogP contribution is -2.22. The molecule has 0 radical (unpaired) electrons. The highest BCUT2D eigenvalue weighted by molar-refractivity contribution is 6.30. The highest BCUT2D eigenvalue weighted by Gasteiger charge is 2.04. The molecule has 1 unspecified atom stereocenters. The Bertz CT molecular complexity index is 261. The van der Waals surface area contributed by atoms with Crippen LogP contribution in [0.25, 0.3) is 0 Å². The average molecular weight is 214 g/mol. The van der Waals surface area contributed by atoms with Gasteiger partial charge in [-0.1, -0.05) is 18.5 Å². The van der Waals surface area contributed by atoms with E-state index in [1.807, 2.05) is 12.1 Å². The van der Waals surface area contributed by atoms with Gasteiger partial charge < -0.3 is 11.1 Å². The third kappa shape index (κ3) is 3.52. The monoisotopic (exact) mass is 213 g/mol. The largest absolute Gasteiger partial charge is 0.367 e. The molecule has 1 aromatic rings. The molecule has 1 heterocycles. The molecule has 1 atom stereocenters. The van der Waals surface area contributed by atoms with E-state index in [0.717, 1.165) is 18.7 Å². The van der Waals surface area contributed by atoms with Gasteiger partial charge in [0.05, 0.1) is 5.02 Å². The van der Waals surface area contributed by atoms with E-state index >= 15 is 0 Å².